The number of aryl methyl sites for hydroxylation is 1. The van der Waals surface area contributed by atoms with Crippen molar-refractivity contribution in [2.24, 2.45) is 0 Å². The second kappa shape index (κ2) is 10.7. The third kappa shape index (κ3) is 6.53. The Balaban J connectivity index is 2.26. The average Bonchev–Trinajstić information content (AvgIpc) is 2.72. The fourth-order valence-electron chi connectivity index (χ4n) is 2.99. The minimum absolute atomic E-state index is 0.103. The minimum Gasteiger partial charge on any atom is -0.355 e. The smallest absolute Gasteiger partial charge is 0.243 e. The van der Waals surface area contributed by atoms with Crippen molar-refractivity contribution in [1.29, 1.82) is 0 Å². The van der Waals surface area contributed by atoms with Crippen molar-refractivity contribution >= 4 is 33.4 Å². The molecule has 0 fully saturated rings. The number of benzene rings is 2. The summed E-state index contributed by atoms with van der Waals surface area (Å²) in [5, 5.41) is 3.21. The molecule has 0 aliphatic carbocycles. The van der Waals surface area contributed by atoms with Gasteiger partial charge in [0.05, 0.1) is 11.4 Å². The van der Waals surface area contributed by atoms with Gasteiger partial charge in [0, 0.05) is 25.2 Å². The van der Waals surface area contributed by atoms with Crippen molar-refractivity contribution in [3.05, 3.63) is 64.7 Å². The summed E-state index contributed by atoms with van der Waals surface area (Å²) in [6, 6.07) is 12.6. The van der Waals surface area contributed by atoms with E-state index in [0.29, 0.717) is 11.6 Å². The fraction of sp³-hybridized carbons (Fsp3) is 0.364. The largest absolute Gasteiger partial charge is 0.355 e. The summed E-state index contributed by atoms with van der Waals surface area (Å²) in [4.78, 5) is 27.0. The number of nitrogens with one attached hydrogen (secondary N) is 1. The second-order valence-electron chi connectivity index (χ2n) is 7.30. The third-order valence-corrected chi connectivity index (χ3v) is 6.90. The van der Waals surface area contributed by atoms with Crippen LogP contribution in [0.4, 0.5) is 0 Å². The van der Waals surface area contributed by atoms with E-state index < -0.39 is 28.5 Å². The lowest BCUT2D eigenvalue weighted by molar-refractivity contribution is -0.140. The summed E-state index contributed by atoms with van der Waals surface area (Å²) in [6.07, 6.45) is 0. The molecule has 1 N–H and O–H groups in total. The summed E-state index contributed by atoms with van der Waals surface area (Å²) in [7, 11) is -2.51. The van der Waals surface area contributed by atoms with Gasteiger partial charge in [0.15, 0.2) is 0 Å². The standard InChI is InChI=1S/C22H28ClN3O4S/c1-5-24-22(28)17(3)26(14-18-7-6-8-19(23)13-18)21(27)15-25(4)31(29,30)20-11-9-16(2)10-12-20/h6-13,17H,5,14-15H2,1-4H3,(H,24,28)/t17-/m0/s1. The van der Waals surface area contributed by atoms with Gasteiger partial charge >= 0.3 is 0 Å². The Bertz CT molecular complexity index is 1030. The van der Waals surface area contributed by atoms with Crippen LogP contribution in [0.2, 0.25) is 5.02 Å². The molecule has 2 aromatic carbocycles. The van der Waals surface area contributed by atoms with Gasteiger partial charge < -0.3 is 10.2 Å². The highest BCUT2D eigenvalue weighted by atomic mass is 35.5. The molecule has 0 radical (unpaired) electrons. The van der Waals surface area contributed by atoms with Gasteiger partial charge in [0.1, 0.15) is 6.04 Å². The number of rotatable bonds is 9. The van der Waals surface area contributed by atoms with Crippen LogP contribution in [0, 0.1) is 6.92 Å². The molecule has 9 heteroatoms. The molecule has 0 aliphatic rings. The number of halogens is 1. The number of carbonyl (C=O) groups excluding carboxylic acids is 2. The molecule has 168 valence electrons. The Kier molecular flexibility index (Phi) is 8.61. The van der Waals surface area contributed by atoms with E-state index in [9.17, 15) is 18.0 Å². The average molecular weight is 466 g/mol. The van der Waals surface area contributed by atoms with Crippen molar-refractivity contribution in [1.82, 2.24) is 14.5 Å². The number of amides is 2. The van der Waals surface area contributed by atoms with E-state index in [1.165, 1.54) is 24.1 Å². The van der Waals surface area contributed by atoms with Gasteiger partial charge in [-0.25, -0.2) is 8.42 Å². The Morgan fingerprint density at radius 1 is 1.13 bits per heavy atom. The zero-order valence-corrected chi connectivity index (χ0v) is 19.7. The number of carbonyl (C=O) groups is 2. The van der Waals surface area contributed by atoms with Gasteiger partial charge in [-0.3, -0.25) is 9.59 Å². The van der Waals surface area contributed by atoms with Crippen LogP contribution in [0.1, 0.15) is 25.0 Å². The van der Waals surface area contributed by atoms with Gasteiger partial charge in [0.25, 0.3) is 0 Å². The Morgan fingerprint density at radius 3 is 2.35 bits per heavy atom. The molecule has 2 amide bonds. The maximum Gasteiger partial charge on any atom is 0.243 e. The van der Waals surface area contributed by atoms with Crippen LogP contribution in [0.3, 0.4) is 0 Å². The van der Waals surface area contributed by atoms with Crippen LogP contribution in [-0.2, 0) is 26.2 Å². The Hall–Kier alpha value is -2.42. The number of hydrogen-bond acceptors (Lipinski definition) is 4. The molecule has 0 spiro atoms. The number of nitrogens with zero attached hydrogens (tertiary/aromatic N) is 2. The number of sulfonamides is 1. The zero-order valence-electron chi connectivity index (χ0n) is 18.1. The summed E-state index contributed by atoms with van der Waals surface area (Å²) >= 11 is 6.05. The van der Waals surface area contributed by atoms with E-state index in [-0.39, 0.29) is 17.3 Å². The molecule has 31 heavy (non-hydrogen) atoms. The van der Waals surface area contributed by atoms with Crippen molar-refractivity contribution in [3.8, 4) is 0 Å². The molecule has 0 aliphatic heterocycles. The summed E-state index contributed by atoms with van der Waals surface area (Å²) in [5.74, 6) is -0.807. The van der Waals surface area contributed by atoms with Crippen LogP contribution in [0.15, 0.2) is 53.4 Å². The topological polar surface area (TPSA) is 86.8 Å². The molecule has 0 saturated carbocycles. The van der Waals surface area contributed by atoms with Crippen molar-refractivity contribution in [3.63, 3.8) is 0 Å². The van der Waals surface area contributed by atoms with Crippen molar-refractivity contribution < 1.29 is 18.0 Å². The maximum atomic E-state index is 13.1. The third-order valence-electron chi connectivity index (χ3n) is 4.85. The highest BCUT2D eigenvalue weighted by Gasteiger charge is 2.30. The molecule has 2 rings (SSSR count). The summed E-state index contributed by atoms with van der Waals surface area (Å²) in [5.41, 5.74) is 1.67. The van der Waals surface area contributed by atoms with E-state index in [0.717, 1.165) is 15.4 Å². The molecule has 0 aromatic heterocycles. The monoisotopic (exact) mass is 465 g/mol. The molecule has 0 heterocycles. The predicted octanol–water partition coefficient (Wildman–Crippen LogP) is 2.82. The van der Waals surface area contributed by atoms with Crippen LogP contribution < -0.4 is 5.32 Å². The SMILES string of the molecule is CCNC(=O)[C@H](C)N(Cc1cccc(Cl)c1)C(=O)CN(C)S(=O)(=O)c1ccc(C)cc1. The van der Waals surface area contributed by atoms with Gasteiger partial charge in [-0.15, -0.1) is 0 Å². The first kappa shape index (κ1) is 24.8. The highest BCUT2D eigenvalue weighted by Crippen LogP contribution is 2.18. The van der Waals surface area contributed by atoms with E-state index in [2.05, 4.69) is 5.32 Å². The molecule has 7 nitrogen and oxygen atoms in total. The summed E-state index contributed by atoms with van der Waals surface area (Å²) in [6.45, 7) is 5.40. The molecule has 0 saturated heterocycles. The molecule has 1 atom stereocenters. The molecular weight excluding hydrogens is 438 g/mol. The first-order valence-electron chi connectivity index (χ1n) is 9.91. The zero-order chi connectivity index (χ0) is 23.2. The van der Waals surface area contributed by atoms with Gasteiger partial charge in [0.2, 0.25) is 21.8 Å². The van der Waals surface area contributed by atoms with Crippen LogP contribution in [-0.4, -0.2) is 55.6 Å². The first-order valence-corrected chi connectivity index (χ1v) is 11.7. The lowest BCUT2D eigenvalue weighted by Crippen LogP contribution is -2.50. The lowest BCUT2D eigenvalue weighted by Gasteiger charge is -2.30. The van der Waals surface area contributed by atoms with Gasteiger partial charge in [-0.1, -0.05) is 41.4 Å². The normalized spacial score (nSPS) is 12.5. The maximum absolute atomic E-state index is 13.1. The van der Waals surface area contributed by atoms with E-state index in [4.69, 9.17) is 11.6 Å². The lowest BCUT2D eigenvalue weighted by atomic mass is 10.1. The second-order valence-corrected chi connectivity index (χ2v) is 9.78. The van der Waals surface area contributed by atoms with Crippen LogP contribution in [0.5, 0.6) is 0 Å². The molecule has 2 aromatic rings. The van der Waals surface area contributed by atoms with Crippen molar-refractivity contribution in [2.75, 3.05) is 20.1 Å². The highest BCUT2D eigenvalue weighted by molar-refractivity contribution is 7.89. The van der Waals surface area contributed by atoms with E-state index >= 15 is 0 Å². The number of likely N-dealkylation sites (N-methyl/N-ethyl adjacent to an activating group) is 2. The van der Waals surface area contributed by atoms with E-state index in [1.807, 2.05) is 6.92 Å². The van der Waals surface area contributed by atoms with Crippen LogP contribution in [0.25, 0.3) is 0 Å². The minimum atomic E-state index is -3.86. The molecule has 0 unspecified atom stereocenters. The summed E-state index contributed by atoms with van der Waals surface area (Å²) < 4.78 is 26.7. The number of hydrogen-bond donors (Lipinski definition) is 1. The predicted molar refractivity (Wildman–Crippen MR) is 121 cm³/mol. The quantitative estimate of drug-likeness (QED) is 0.617. The van der Waals surface area contributed by atoms with Gasteiger partial charge in [-0.2, -0.15) is 4.31 Å². The fourth-order valence-corrected chi connectivity index (χ4v) is 4.33. The first-order chi connectivity index (χ1) is 14.6. The molecule has 0 bridgehead atoms. The Morgan fingerprint density at radius 2 is 1.77 bits per heavy atom. The van der Waals surface area contributed by atoms with Crippen LogP contribution >= 0.6 is 11.6 Å². The van der Waals surface area contributed by atoms with Gasteiger partial charge in [-0.05, 0) is 50.6 Å². The van der Waals surface area contributed by atoms with E-state index in [1.54, 1.807) is 50.2 Å². The van der Waals surface area contributed by atoms with Crippen molar-refractivity contribution in [2.45, 2.75) is 38.3 Å². The Labute approximate surface area is 189 Å². The molecular formula is C22H28ClN3O4S.